The normalized spacial score (nSPS) is 17.7. The van der Waals surface area contributed by atoms with E-state index < -0.39 is 22.1 Å². The van der Waals surface area contributed by atoms with E-state index >= 15 is 0 Å². The summed E-state index contributed by atoms with van der Waals surface area (Å²) in [6, 6.07) is 31.6. The molecule has 38 heavy (non-hydrogen) atoms. The van der Waals surface area contributed by atoms with Crippen LogP contribution in [0.2, 0.25) is 0 Å². The number of aryl methyl sites for hydroxylation is 1. The van der Waals surface area contributed by atoms with Crippen LogP contribution in [0.25, 0.3) is 0 Å². The predicted molar refractivity (Wildman–Crippen MR) is 147 cm³/mol. The zero-order valence-corrected chi connectivity index (χ0v) is 21.7. The average molecular weight is 522 g/mol. The standard InChI is InChI=1S/C32H27NO4S/c1-23-17-19-28(20-18-23)38(36,37)33-27(22-30(34)24-11-5-2-6-12-24)21-29(31(33)25-13-7-3-8-14-25)32(35)26-15-9-4-10-16-26/h2-21,27,31H,22H2,1H3/t27-,31-/m0/s1. The van der Waals surface area contributed by atoms with Crippen LogP contribution in [0.5, 0.6) is 0 Å². The SMILES string of the molecule is Cc1ccc(S(=O)(=O)N2[C@@H](c3ccccc3)C(C(=O)c3ccccc3)=C[C@H]2CC(=O)c2ccccc2)cc1. The highest BCUT2D eigenvalue weighted by molar-refractivity contribution is 7.89. The molecule has 4 aromatic rings. The van der Waals surface area contributed by atoms with Crippen molar-refractivity contribution < 1.29 is 18.0 Å². The molecule has 190 valence electrons. The van der Waals surface area contributed by atoms with Crippen LogP contribution in [0.4, 0.5) is 0 Å². The van der Waals surface area contributed by atoms with Gasteiger partial charge in [-0.25, -0.2) is 8.42 Å². The van der Waals surface area contributed by atoms with Crippen molar-refractivity contribution in [1.29, 1.82) is 0 Å². The number of sulfonamides is 1. The van der Waals surface area contributed by atoms with E-state index in [2.05, 4.69) is 0 Å². The maximum Gasteiger partial charge on any atom is 0.244 e. The molecule has 0 saturated carbocycles. The Morgan fingerprint density at radius 3 is 1.82 bits per heavy atom. The Kier molecular flexibility index (Phi) is 7.18. The summed E-state index contributed by atoms with van der Waals surface area (Å²) < 4.78 is 29.8. The molecule has 2 atom stereocenters. The smallest absolute Gasteiger partial charge is 0.244 e. The molecule has 0 bridgehead atoms. The Balaban J connectivity index is 1.66. The summed E-state index contributed by atoms with van der Waals surface area (Å²) >= 11 is 0. The van der Waals surface area contributed by atoms with Crippen molar-refractivity contribution in [3.05, 3.63) is 149 Å². The molecular weight excluding hydrogens is 494 g/mol. The summed E-state index contributed by atoms with van der Waals surface area (Å²) in [6.45, 7) is 1.89. The molecule has 4 aromatic carbocycles. The summed E-state index contributed by atoms with van der Waals surface area (Å²) in [6.07, 6.45) is 1.57. The summed E-state index contributed by atoms with van der Waals surface area (Å²) in [5.74, 6) is -0.464. The fraction of sp³-hybridized carbons (Fsp3) is 0.125. The third-order valence-corrected chi connectivity index (χ3v) is 8.65. The Morgan fingerprint density at radius 2 is 1.24 bits per heavy atom. The number of benzene rings is 4. The fourth-order valence-electron chi connectivity index (χ4n) is 4.85. The van der Waals surface area contributed by atoms with Gasteiger partial charge >= 0.3 is 0 Å². The van der Waals surface area contributed by atoms with Gasteiger partial charge in [0.15, 0.2) is 11.6 Å². The largest absolute Gasteiger partial charge is 0.294 e. The van der Waals surface area contributed by atoms with Gasteiger partial charge in [0.1, 0.15) is 0 Å². The van der Waals surface area contributed by atoms with Crippen molar-refractivity contribution in [1.82, 2.24) is 4.31 Å². The van der Waals surface area contributed by atoms with Gasteiger partial charge in [-0.3, -0.25) is 9.59 Å². The second-order valence-corrected chi connectivity index (χ2v) is 11.2. The molecule has 0 aliphatic carbocycles. The Morgan fingerprint density at radius 1 is 0.711 bits per heavy atom. The number of rotatable bonds is 8. The van der Waals surface area contributed by atoms with Gasteiger partial charge in [0.2, 0.25) is 10.0 Å². The average Bonchev–Trinajstić information content (AvgIpc) is 3.34. The minimum Gasteiger partial charge on any atom is -0.294 e. The number of nitrogens with zero attached hydrogens (tertiary/aromatic N) is 1. The lowest BCUT2D eigenvalue weighted by Gasteiger charge is -2.31. The van der Waals surface area contributed by atoms with Crippen molar-refractivity contribution >= 4 is 21.6 Å². The maximum absolute atomic E-state index is 14.2. The number of hydrogen-bond acceptors (Lipinski definition) is 4. The second kappa shape index (κ2) is 10.7. The number of Topliss-reactive ketones (excluding diaryl/α,β-unsaturated/α-hetero) is 2. The van der Waals surface area contributed by atoms with E-state index in [0.29, 0.717) is 22.3 Å². The van der Waals surface area contributed by atoms with Gasteiger partial charge in [-0.05, 0) is 24.6 Å². The van der Waals surface area contributed by atoms with Crippen LogP contribution in [-0.4, -0.2) is 30.3 Å². The Labute approximate surface area is 223 Å². The lowest BCUT2D eigenvalue weighted by Crippen LogP contribution is -2.40. The third-order valence-electron chi connectivity index (χ3n) is 6.75. The summed E-state index contributed by atoms with van der Waals surface area (Å²) in [5, 5.41) is 0. The van der Waals surface area contributed by atoms with E-state index in [-0.39, 0.29) is 22.9 Å². The lowest BCUT2D eigenvalue weighted by atomic mass is 9.94. The van der Waals surface area contributed by atoms with Gasteiger partial charge in [0.25, 0.3) is 0 Å². The molecule has 0 N–H and O–H groups in total. The molecule has 0 spiro atoms. The zero-order chi connectivity index (χ0) is 26.7. The Bertz CT molecular complexity index is 1580. The van der Waals surface area contributed by atoms with E-state index in [9.17, 15) is 18.0 Å². The molecule has 0 saturated heterocycles. The second-order valence-electron chi connectivity index (χ2n) is 9.34. The van der Waals surface area contributed by atoms with Gasteiger partial charge in [0.05, 0.1) is 17.0 Å². The van der Waals surface area contributed by atoms with Crippen LogP contribution in [0, 0.1) is 6.92 Å². The third kappa shape index (κ3) is 5.01. The van der Waals surface area contributed by atoms with Gasteiger partial charge in [-0.15, -0.1) is 0 Å². The molecule has 0 fully saturated rings. The number of hydrogen-bond donors (Lipinski definition) is 0. The molecule has 0 amide bonds. The van der Waals surface area contributed by atoms with Crippen molar-refractivity contribution in [3.8, 4) is 0 Å². The quantitative estimate of drug-likeness (QED) is 0.259. The molecule has 0 unspecified atom stereocenters. The van der Waals surface area contributed by atoms with Crippen molar-refractivity contribution in [2.75, 3.05) is 0 Å². The van der Waals surface area contributed by atoms with E-state index in [1.165, 1.54) is 4.31 Å². The monoisotopic (exact) mass is 521 g/mol. The van der Waals surface area contributed by atoms with E-state index in [4.69, 9.17) is 0 Å². The Hall–Kier alpha value is -4.13. The number of carbonyl (C=O) groups is 2. The minimum atomic E-state index is -4.10. The lowest BCUT2D eigenvalue weighted by molar-refractivity contribution is 0.0963. The molecule has 1 aliphatic heterocycles. The number of carbonyl (C=O) groups excluding carboxylic acids is 2. The first kappa shape index (κ1) is 25.5. The first-order valence-corrected chi connectivity index (χ1v) is 13.8. The first-order chi connectivity index (χ1) is 18.4. The summed E-state index contributed by atoms with van der Waals surface area (Å²) in [5.41, 5.74) is 2.88. The van der Waals surface area contributed by atoms with Gasteiger partial charge in [-0.2, -0.15) is 4.31 Å². The molecular formula is C32H27NO4S. The predicted octanol–water partition coefficient (Wildman–Crippen LogP) is 6.19. The molecule has 1 heterocycles. The van der Waals surface area contributed by atoms with Crippen LogP contribution in [0.15, 0.2) is 132 Å². The topological polar surface area (TPSA) is 71.5 Å². The van der Waals surface area contributed by atoms with Crippen molar-refractivity contribution in [2.45, 2.75) is 30.3 Å². The van der Waals surface area contributed by atoms with Crippen LogP contribution in [0.3, 0.4) is 0 Å². The van der Waals surface area contributed by atoms with Gasteiger partial charge in [-0.1, -0.05) is 115 Å². The summed E-state index contributed by atoms with van der Waals surface area (Å²) in [7, 11) is -4.10. The summed E-state index contributed by atoms with van der Waals surface area (Å²) in [4.78, 5) is 27.2. The van der Waals surface area contributed by atoms with Crippen LogP contribution >= 0.6 is 0 Å². The van der Waals surface area contributed by atoms with Crippen LogP contribution < -0.4 is 0 Å². The van der Waals surface area contributed by atoms with Gasteiger partial charge in [0, 0.05) is 23.1 Å². The number of ketones is 2. The van der Waals surface area contributed by atoms with E-state index in [0.717, 1.165) is 5.56 Å². The minimum absolute atomic E-state index is 0.0932. The van der Waals surface area contributed by atoms with E-state index in [1.54, 1.807) is 78.9 Å². The van der Waals surface area contributed by atoms with Crippen LogP contribution in [-0.2, 0) is 10.0 Å². The van der Waals surface area contributed by atoms with E-state index in [1.807, 2.05) is 49.4 Å². The molecule has 6 heteroatoms. The first-order valence-electron chi connectivity index (χ1n) is 12.4. The van der Waals surface area contributed by atoms with Gasteiger partial charge < -0.3 is 0 Å². The highest BCUT2D eigenvalue weighted by Gasteiger charge is 2.46. The molecule has 0 aromatic heterocycles. The highest BCUT2D eigenvalue weighted by Crippen LogP contribution is 2.43. The molecule has 1 aliphatic rings. The molecule has 5 nitrogen and oxygen atoms in total. The molecule has 0 radical (unpaired) electrons. The highest BCUT2D eigenvalue weighted by atomic mass is 32.2. The molecule has 5 rings (SSSR count). The van der Waals surface area contributed by atoms with Crippen molar-refractivity contribution in [3.63, 3.8) is 0 Å². The van der Waals surface area contributed by atoms with Crippen LogP contribution in [0.1, 0.15) is 44.3 Å². The zero-order valence-electron chi connectivity index (χ0n) is 20.9. The fourth-order valence-corrected chi connectivity index (χ4v) is 6.58. The maximum atomic E-state index is 14.2. The van der Waals surface area contributed by atoms with Crippen molar-refractivity contribution in [2.24, 2.45) is 0 Å².